The molecule has 1 N–H and O–H groups in total. The molecule has 0 fully saturated rings. The van der Waals surface area contributed by atoms with Crippen molar-refractivity contribution < 1.29 is 4.79 Å². The number of likely N-dealkylation sites (N-methyl/N-ethyl adjacent to an activating group) is 1. The van der Waals surface area contributed by atoms with Crippen molar-refractivity contribution in [3.05, 3.63) is 0 Å². The molecule has 3 heteroatoms. The Morgan fingerprint density at radius 3 is 2.14 bits per heavy atom. The van der Waals surface area contributed by atoms with Crippen LogP contribution in [0.4, 0.5) is 0 Å². The smallest absolute Gasteiger partial charge is 0.239 e. The normalized spacial score (nSPS) is 13.0. The molecule has 14 heavy (non-hydrogen) atoms. The average Bonchev–Trinajstić information content (AvgIpc) is 2.23. The lowest BCUT2D eigenvalue weighted by atomic mass is 10.1. The summed E-state index contributed by atoms with van der Waals surface area (Å²) in [6.45, 7) is 8.98. The van der Waals surface area contributed by atoms with E-state index < -0.39 is 0 Å². The Labute approximate surface area is 87.9 Å². The Hall–Kier alpha value is -0.570. The van der Waals surface area contributed by atoms with Crippen molar-refractivity contribution in [1.29, 1.82) is 0 Å². The first-order valence-electron chi connectivity index (χ1n) is 5.57. The Balaban J connectivity index is 4.05. The van der Waals surface area contributed by atoms with Gasteiger partial charge in [0.15, 0.2) is 0 Å². The second kappa shape index (κ2) is 6.82. The van der Waals surface area contributed by atoms with Crippen molar-refractivity contribution in [1.82, 2.24) is 10.2 Å². The molecule has 0 heterocycles. The molecule has 0 rings (SSSR count). The second-order valence-electron chi connectivity index (χ2n) is 3.75. The SMILES string of the molecule is CCC(CC)NC(C)C(=O)N(C)CC. The van der Waals surface area contributed by atoms with E-state index in [-0.39, 0.29) is 11.9 Å². The van der Waals surface area contributed by atoms with Crippen molar-refractivity contribution in [2.24, 2.45) is 0 Å². The van der Waals surface area contributed by atoms with Crippen molar-refractivity contribution in [3.63, 3.8) is 0 Å². The molecule has 1 amide bonds. The average molecular weight is 200 g/mol. The molecule has 0 aliphatic carbocycles. The lowest BCUT2D eigenvalue weighted by Gasteiger charge is -2.24. The molecule has 0 radical (unpaired) electrons. The molecule has 0 aromatic rings. The van der Waals surface area contributed by atoms with Crippen molar-refractivity contribution in [3.8, 4) is 0 Å². The fourth-order valence-corrected chi connectivity index (χ4v) is 1.44. The van der Waals surface area contributed by atoms with Gasteiger partial charge in [-0.2, -0.15) is 0 Å². The molecular formula is C11H24N2O. The van der Waals surface area contributed by atoms with Crippen LogP contribution < -0.4 is 5.32 Å². The van der Waals surface area contributed by atoms with E-state index in [1.807, 2.05) is 20.9 Å². The molecule has 0 saturated carbocycles. The van der Waals surface area contributed by atoms with Gasteiger partial charge in [-0.15, -0.1) is 0 Å². The minimum absolute atomic E-state index is 0.0650. The van der Waals surface area contributed by atoms with Crippen molar-refractivity contribution >= 4 is 5.91 Å². The van der Waals surface area contributed by atoms with Crippen LogP contribution in [-0.4, -0.2) is 36.5 Å². The fraction of sp³-hybridized carbons (Fsp3) is 0.909. The summed E-state index contributed by atoms with van der Waals surface area (Å²) in [5, 5.41) is 3.34. The molecule has 0 bridgehead atoms. The first-order chi connectivity index (χ1) is 6.56. The van der Waals surface area contributed by atoms with Crippen LogP contribution >= 0.6 is 0 Å². The van der Waals surface area contributed by atoms with Crippen LogP contribution in [0.2, 0.25) is 0 Å². The standard InChI is InChI=1S/C11H24N2O/c1-6-10(7-2)12-9(4)11(14)13(5)8-3/h9-10,12H,6-8H2,1-5H3. The van der Waals surface area contributed by atoms with E-state index in [1.165, 1.54) is 0 Å². The molecule has 0 spiro atoms. The number of carbonyl (C=O) groups excluding carboxylic acids is 1. The van der Waals surface area contributed by atoms with Crippen LogP contribution in [0.15, 0.2) is 0 Å². The maximum absolute atomic E-state index is 11.7. The molecule has 0 aromatic carbocycles. The summed E-state index contributed by atoms with van der Waals surface area (Å²) in [5.74, 6) is 0.180. The quantitative estimate of drug-likeness (QED) is 0.707. The van der Waals surface area contributed by atoms with Crippen LogP contribution in [0, 0.1) is 0 Å². The Morgan fingerprint density at radius 2 is 1.79 bits per heavy atom. The number of hydrogen-bond donors (Lipinski definition) is 1. The van der Waals surface area contributed by atoms with Gasteiger partial charge < -0.3 is 10.2 Å². The Bertz CT molecular complexity index is 167. The summed E-state index contributed by atoms with van der Waals surface area (Å²) in [7, 11) is 1.84. The number of amides is 1. The number of rotatable bonds is 6. The van der Waals surface area contributed by atoms with E-state index in [4.69, 9.17) is 0 Å². The van der Waals surface area contributed by atoms with Crippen LogP contribution in [-0.2, 0) is 4.79 Å². The summed E-state index contributed by atoms with van der Waals surface area (Å²) < 4.78 is 0. The summed E-state index contributed by atoms with van der Waals surface area (Å²) in [4.78, 5) is 13.5. The summed E-state index contributed by atoms with van der Waals surface area (Å²) in [6.07, 6.45) is 2.15. The molecule has 0 aliphatic rings. The first kappa shape index (κ1) is 13.4. The van der Waals surface area contributed by atoms with Crippen molar-refractivity contribution in [2.75, 3.05) is 13.6 Å². The van der Waals surface area contributed by atoms with E-state index in [9.17, 15) is 4.79 Å². The predicted octanol–water partition coefficient (Wildman–Crippen LogP) is 1.63. The second-order valence-corrected chi connectivity index (χ2v) is 3.75. The van der Waals surface area contributed by atoms with Crippen LogP contribution in [0.5, 0.6) is 0 Å². The van der Waals surface area contributed by atoms with Gasteiger partial charge in [0.25, 0.3) is 0 Å². The Kier molecular flexibility index (Phi) is 6.54. The molecule has 0 aromatic heterocycles. The van der Waals surface area contributed by atoms with Crippen LogP contribution in [0.25, 0.3) is 0 Å². The monoisotopic (exact) mass is 200 g/mol. The number of nitrogens with one attached hydrogen (secondary N) is 1. The molecule has 84 valence electrons. The summed E-state index contributed by atoms with van der Waals surface area (Å²) >= 11 is 0. The highest BCUT2D eigenvalue weighted by Gasteiger charge is 2.18. The van der Waals surface area contributed by atoms with Gasteiger partial charge in [-0.25, -0.2) is 0 Å². The number of carbonyl (C=O) groups is 1. The fourth-order valence-electron chi connectivity index (χ4n) is 1.44. The highest BCUT2D eigenvalue weighted by molar-refractivity contribution is 5.81. The minimum atomic E-state index is -0.0650. The van der Waals surface area contributed by atoms with E-state index in [0.717, 1.165) is 19.4 Å². The molecule has 3 nitrogen and oxygen atoms in total. The van der Waals surface area contributed by atoms with Gasteiger partial charge in [0, 0.05) is 19.6 Å². The molecule has 0 aliphatic heterocycles. The Morgan fingerprint density at radius 1 is 1.29 bits per heavy atom. The molecular weight excluding hydrogens is 176 g/mol. The number of nitrogens with zero attached hydrogens (tertiary/aromatic N) is 1. The van der Waals surface area contributed by atoms with Gasteiger partial charge in [-0.05, 0) is 26.7 Å². The van der Waals surface area contributed by atoms with Gasteiger partial charge in [0.1, 0.15) is 0 Å². The van der Waals surface area contributed by atoms with Crippen molar-refractivity contribution in [2.45, 2.75) is 52.6 Å². The zero-order valence-corrected chi connectivity index (χ0v) is 10.1. The lowest BCUT2D eigenvalue weighted by molar-refractivity contribution is -0.131. The maximum Gasteiger partial charge on any atom is 0.239 e. The van der Waals surface area contributed by atoms with E-state index in [0.29, 0.717) is 6.04 Å². The van der Waals surface area contributed by atoms with E-state index >= 15 is 0 Å². The summed E-state index contributed by atoms with van der Waals surface area (Å²) in [6, 6.07) is 0.393. The van der Waals surface area contributed by atoms with Gasteiger partial charge in [-0.3, -0.25) is 4.79 Å². The highest BCUT2D eigenvalue weighted by atomic mass is 16.2. The lowest BCUT2D eigenvalue weighted by Crippen LogP contribution is -2.46. The van der Waals surface area contributed by atoms with E-state index in [2.05, 4.69) is 19.2 Å². The minimum Gasteiger partial charge on any atom is -0.345 e. The van der Waals surface area contributed by atoms with Gasteiger partial charge in [0.2, 0.25) is 5.91 Å². The largest absolute Gasteiger partial charge is 0.345 e. The van der Waals surface area contributed by atoms with Gasteiger partial charge >= 0.3 is 0 Å². The molecule has 1 atom stereocenters. The molecule has 1 unspecified atom stereocenters. The van der Waals surface area contributed by atoms with Gasteiger partial charge in [0.05, 0.1) is 6.04 Å². The molecule has 0 saturated heterocycles. The maximum atomic E-state index is 11.7. The van der Waals surface area contributed by atoms with Crippen LogP contribution in [0.3, 0.4) is 0 Å². The zero-order chi connectivity index (χ0) is 11.1. The third kappa shape index (κ3) is 4.09. The topological polar surface area (TPSA) is 32.3 Å². The van der Waals surface area contributed by atoms with E-state index in [1.54, 1.807) is 4.90 Å². The third-order valence-electron chi connectivity index (χ3n) is 2.69. The number of hydrogen-bond acceptors (Lipinski definition) is 2. The highest BCUT2D eigenvalue weighted by Crippen LogP contribution is 2.00. The summed E-state index contributed by atoms with van der Waals surface area (Å²) in [5.41, 5.74) is 0. The third-order valence-corrected chi connectivity index (χ3v) is 2.69. The zero-order valence-electron chi connectivity index (χ0n) is 10.1. The van der Waals surface area contributed by atoms with Crippen LogP contribution in [0.1, 0.15) is 40.5 Å². The first-order valence-corrected chi connectivity index (χ1v) is 5.57. The van der Waals surface area contributed by atoms with Gasteiger partial charge in [-0.1, -0.05) is 13.8 Å². The predicted molar refractivity (Wildman–Crippen MR) is 60.3 cm³/mol.